The summed E-state index contributed by atoms with van der Waals surface area (Å²) in [6.07, 6.45) is 1.61. The van der Waals surface area contributed by atoms with Gasteiger partial charge in [0, 0.05) is 11.6 Å². The number of rotatable bonds is 8. The normalized spacial score (nSPS) is 11.8. The largest absolute Gasteiger partial charge is 0.481 e. The monoisotopic (exact) mass is 363 g/mol. The number of hydrogen-bond donors (Lipinski definition) is 1. The van der Waals surface area contributed by atoms with Gasteiger partial charge in [-0.15, -0.1) is 0 Å². The van der Waals surface area contributed by atoms with Crippen molar-refractivity contribution >= 4 is 17.5 Å². The molecule has 0 aliphatic rings. The van der Waals surface area contributed by atoms with Crippen LogP contribution in [0.3, 0.4) is 0 Å². The molecular weight excluding hydrogens is 341 g/mol. The highest BCUT2D eigenvalue weighted by Crippen LogP contribution is 2.22. The van der Waals surface area contributed by atoms with Crippen LogP contribution in [-0.2, 0) is 11.2 Å². The SMILES string of the molecule is CC[C@H](Oc1ccc(Cl)c(C)c1)C(=O)NCCCc1ccc(F)cc1. The summed E-state index contributed by atoms with van der Waals surface area (Å²) in [6, 6.07) is 11.8. The van der Waals surface area contributed by atoms with Crippen molar-refractivity contribution in [2.24, 2.45) is 0 Å². The Balaban J connectivity index is 1.79. The quantitative estimate of drug-likeness (QED) is 0.691. The predicted octanol–water partition coefficient (Wildman–Crippen LogP) is 4.69. The summed E-state index contributed by atoms with van der Waals surface area (Å²) in [5.41, 5.74) is 1.96. The van der Waals surface area contributed by atoms with E-state index in [4.69, 9.17) is 16.3 Å². The van der Waals surface area contributed by atoms with Crippen LogP contribution in [0.5, 0.6) is 5.75 Å². The van der Waals surface area contributed by atoms with Crippen molar-refractivity contribution in [3.05, 3.63) is 64.4 Å². The zero-order chi connectivity index (χ0) is 18.2. The minimum atomic E-state index is -0.536. The molecule has 0 aliphatic heterocycles. The van der Waals surface area contributed by atoms with Crippen molar-refractivity contribution in [1.29, 1.82) is 0 Å². The minimum Gasteiger partial charge on any atom is -0.481 e. The van der Waals surface area contributed by atoms with Gasteiger partial charge in [0.15, 0.2) is 6.10 Å². The fourth-order valence-electron chi connectivity index (χ4n) is 2.45. The van der Waals surface area contributed by atoms with Gasteiger partial charge in [0.25, 0.3) is 5.91 Å². The Labute approximate surface area is 153 Å². The van der Waals surface area contributed by atoms with Gasteiger partial charge >= 0.3 is 0 Å². The van der Waals surface area contributed by atoms with Crippen LogP contribution < -0.4 is 10.1 Å². The summed E-state index contributed by atoms with van der Waals surface area (Å²) in [5.74, 6) is 0.266. The summed E-state index contributed by atoms with van der Waals surface area (Å²) < 4.78 is 18.6. The number of nitrogens with one attached hydrogen (secondary N) is 1. The summed E-state index contributed by atoms with van der Waals surface area (Å²) in [7, 11) is 0. The van der Waals surface area contributed by atoms with Crippen molar-refractivity contribution < 1.29 is 13.9 Å². The molecule has 25 heavy (non-hydrogen) atoms. The van der Waals surface area contributed by atoms with E-state index in [1.54, 1.807) is 24.3 Å². The average molecular weight is 364 g/mol. The van der Waals surface area contributed by atoms with Crippen molar-refractivity contribution in [2.75, 3.05) is 6.54 Å². The molecule has 134 valence electrons. The molecule has 0 bridgehead atoms. The Hall–Kier alpha value is -2.07. The Morgan fingerprint density at radius 1 is 1.24 bits per heavy atom. The predicted molar refractivity (Wildman–Crippen MR) is 98.6 cm³/mol. The van der Waals surface area contributed by atoms with Crippen LogP contribution >= 0.6 is 11.6 Å². The second-order valence-electron chi connectivity index (χ2n) is 5.95. The van der Waals surface area contributed by atoms with E-state index >= 15 is 0 Å². The molecule has 0 saturated heterocycles. The summed E-state index contributed by atoms with van der Waals surface area (Å²) in [5, 5.41) is 3.57. The molecule has 5 heteroatoms. The smallest absolute Gasteiger partial charge is 0.261 e. The van der Waals surface area contributed by atoms with Gasteiger partial charge in [-0.1, -0.05) is 30.7 Å². The molecule has 1 amide bonds. The van der Waals surface area contributed by atoms with Gasteiger partial charge < -0.3 is 10.1 Å². The highest BCUT2D eigenvalue weighted by Gasteiger charge is 2.18. The van der Waals surface area contributed by atoms with E-state index in [1.165, 1.54) is 12.1 Å². The van der Waals surface area contributed by atoms with Crippen LogP contribution in [-0.4, -0.2) is 18.6 Å². The molecule has 0 fully saturated rings. The number of amides is 1. The van der Waals surface area contributed by atoms with E-state index in [9.17, 15) is 9.18 Å². The minimum absolute atomic E-state index is 0.130. The van der Waals surface area contributed by atoms with Crippen molar-refractivity contribution in [1.82, 2.24) is 5.32 Å². The third-order valence-corrected chi connectivity index (χ3v) is 4.35. The van der Waals surface area contributed by atoms with E-state index in [0.29, 0.717) is 23.7 Å². The number of halogens is 2. The van der Waals surface area contributed by atoms with Gasteiger partial charge in [-0.3, -0.25) is 4.79 Å². The van der Waals surface area contributed by atoms with E-state index in [2.05, 4.69) is 5.32 Å². The van der Waals surface area contributed by atoms with E-state index in [0.717, 1.165) is 24.0 Å². The molecule has 0 aromatic heterocycles. The van der Waals surface area contributed by atoms with E-state index in [-0.39, 0.29) is 11.7 Å². The number of carbonyl (C=O) groups excluding carboxylic acids is 1. The van der Waals surface area contributed by atoms with Crippen LogP contribution in [0.25, 0.3) is 0 Å². The molecule has 0 unspecified atom stereocenters. The first-order valence-electron chi connectivity index (χ1n) is 8.44. The Morgan fingerprint density at radius 3 is 2.60 bits per heavy atom. The Kier molecular flexibility index (Phi) is 7.26. The van der Waals surface area contributed by atoms with Crippen LogP contribution in [0.4, 0.5) is 4.39 Å². The third kappa shape index (κ3) is 6.05. The maximum absolute atomic E-state index is 12.9. The second-order valence-corrected chi connectivity index (χ2v) is 6.35. The molecule has 0 aliphatic carbocycles. The topological polar surface area (TPSA) is 38.3 Å². The van der Waals surface area contributed by atoms with E-state index < -0.39 is 6.10 Å². The van der Waals surface area contributed by atoms with Crippen LogP contribution in [0.1, 0.15) is 30.9 Å². The van der Waals surface area contributed by atoms with Gasteiger partial charge in [-0.2, -0.15) is 0 Å². The molecule has 2 rings (SSSR count). The van der Waals surface area contributed by atoms with Crippen molar-refractivity contribution in [3.8, 4) is 5.75 Å². The molecule has 0 heterocycles. The van der Waals surface area contributed by atoms with Gasteiger partial charge in [0.2, 0.25) is 0 Å². The van der Waals surface area contributed by atoms with Gasteiger partial charge in [0.1, 0.15) is 11.6 Å². The number of hydrogen-bond acceptors (Lipinski definition) is 2. The maximum Gasteiger partial charge on any atom is 0.261 e. The van der Waals surface area contributed by atoms with Crippen molar-refractivity contribution in [3.63, 3.8) is 0 Å². The summed E-state index contributed by atoms with van der Waals surface area (Å²) in [6.45, 7) is 4.35. The number of benzene rings is 2. The van der Waals surface area contributed by atoms with E-state index in [1.807, 2.05) is 19.9 Å². The Bertz CT molecular complexity index is 703. The third-order valence-electron chi connectivity index (χ3n) is 3.93. The number of aryl methyl sites for hydroxylation is 2. The van der Waals surface area contributed by atoms with Crippen LogP contribution in [0.15, 0.2) is 42.5 Å². The van der Waals surface area contributed by atoms with Gasteiger partial charge in [-0.05, 0) is 67.6 Å². The maximum atomic E-state index is 12.9. The molecule has 2 aromatic carbocycles. The molecule has 0 saturated carbocycles. The Morgan fingerprint density at radius 2 is 1.96 bits per heavy atom. The first kappa shape index (κ1) is 19.3. The molecule has 0 spiro atoms. The standard InChI is InChI=1S/C20H23ClFNO2/c1-3-19(25-17-10-11-18(21)14(2)13-17)20(24)23-12-4-5-15-6-8-16(22)9-7-15/h6-11,13,19H,3-5,12H2,1-2H3,(H,23,24)/t19-/m0/s1. The average Bonchev–Trinajstić information content (AvgIpc) is 2.61. The molecule has 1 N–H and O–H groups in total. The zero-order valence-corrected chi connectivity index (χ0v) is 15.3. The first-order chi connectivity index (χ1) is 12.0. The fraction of sp³-hybridized carbons (Fsp3) is 0.350. The first-order valence-corrected chi connectivity index (χ1v) is 8.82. The molecular formula is C20H23ClFNO2. The number of carbonyl (C=O) groups is 1. The fourth-order valence-corrected chi connectivity index (χ4v) is 2.56. The summed E-state index contributed by atoms with van der Waals surface area (Å²) >= 11 is 6.00. The zero-order valence-electron chi connectivity index (χ0n) is 14.5. The van der Waals surface area contributed by atoms with Crippen LogP contribution in [0.2, 0.25) is 5.02 Å². The molecule has 3 nitrogen and oxygen atoms in total. The lowest BCUT2D eigenvalue weighted by molar-refractivity contribution is -0.128. The highest BCUT2D eigenvalue weighted by atomic mass is 35.5. The van der Waals surface area contributed by atoms with Crippen LogP contribution in [0, 0.1) is 12.7 Å². The summed E-state index contributed by atoms with van der Waals surface area (Å²) in [4.78, 5) is 12.3. The molecule has 0 radical (unpaired) electrons. The highest BCUT2D eigenvalue weighted by molar-refractivity contribution is 6.31. The lowest BCUT2D eigenvalue weighted by atomic mass is 10.1. The van der Waals surface area contributed by atoms with Gasteiger partial charge in [-0.25, -0.2) is 4.39 Å². The number of ether oxygens (including phenoxy) is 1. The lowest BCUT2D eigenvalue weighted by Crippen LogP contribution is -2.38. The molecule has 2 aromatic rings. The van der Waals surface area contributed by atoms with Crippen molar-refractivity contribution in [2.45, 2.75) is 39.2 Å². The second kappa shape index (κ2) is 9.42. The van der Waals surface area contributed by atoms with Gasteiger partial charge in [0.05, 0.1) is 0 Å². The molecule has 1 atom stereocenters. The lowest BCUT2D eigenvalue weighted by Gasteiger charge is -2.18.